The van der Waals surface area contributed by atoms with Gasteiger partial charge in [0.05, 0.1) is 0 Å². The zero-order valence-electron chi connectivity index (χ0n) is 11.2. The molecule has 0 aliphatic carbocycles. The Morgan fingerprint density at radius 2 is 2.28 bits per heavy atom. The zero-order valence-corrected chi connectivity index (χ0v) is 12.0. The average molecular weight is 263 g/mol. The van der Waals surface area contributed by atoms with Crippen molar-refractivity contribution in [2.24, 2.45) is 0 Å². The molecule has 1 rings (SSSR count). The third-order valence-electron chi connectivity index (χ3n) is 2.58. The standard InChI is InChI=1S/C15H21NOS/c1-3-4-5-6-7-8-10-14(16-13(2)17)15-11-9-12-18-15/h9,11-12,14H,3-7H2,1-2H3,(H,16,17). The monoisotopic (exact) mass is 263 g/mol. The van der Waals surface area contributed by atoms with Crippen molar-refractivity contribution in [1.29, 1.82) is 0 Å². The Morgan fingerprint density at radius 1 is 1.44 bits per heavy atom. The quantitative estimate of drug-likeness (QED) is 0.612. The van der Waals surface area contributed by atoms with Gasteiger partial charge in [0.2, 0.25) is 5.91 Å². The van der Waals surface area contributed by atoms with Crippen molar-refractivity contribution in [3.05, 3.63) is 22.4 Å². The molecule has 2 nitrogen and oxygen atoms in total. The first kappa shape index (κ1) is 14.8. The number of hydrogen-bond donors (Lipinski definition) is 1. The van der Waals surface area contributed by atoms with E-state index >= 15 is 0 Å². The highest BCUT2D eigenvalue weighted by atomic mass is 32.1. The second kappa shape index (κ2) is 8.77. The molecular weight excluding hydrogens is 242 g/mol. The Morgan fingerprint density at radius 3 is 2.89 bits per heavy atom. The second-order valence-electron chi connectivity index (χ2n) is 4.28. The number of hydrogen-bond acceptors (Lipinski definition) is 2. The van der Waals surface area contributed by atoms with Gasteiger partial charge in [-0.2, -0.15) is 0 Å². The summed E-state index contributed by atoms with van der Waals surface area (Å²) in [4.78, 5) is 12.3. The van der Waals surface area contributed by atoms with Crippen LogP contribution in [0, 0.1) is 11.8 Å². The van der Waals surface area contributed by atoms with E-state index in [2.05, 4.69) is 24.1 Å². The van der Waals surface area contributed by atoms with Crippen LogP contribution < -0.4 is 5.32 Å². The highest BCUT2D eigenvalue weighted by molar-refractivity contribution is 7.10. The molecule has 1 aromatic heterocycles. The topological polar surface area (TPSA) is 29.1 Å². The number of rotatable bonds is 6. The summed E-state index contributed by atoms with van der Waals surface area (Å²) in [6.45, 7) is 3.73. The molecule has 0 radical (unpaired) electrons. The fourth-order valence-electron chi connectivity index (χ4n) is 1.65. The van der Waals surface area contributed by atoms with Crippen LogP contribution in [0.5, 0.6) is 0 Å². The smallest absolute Gasteiger partial charge is 0.218 e. The van der Waals surface area contributed by atoms with Crippen molar-refractivity contribution in [1.82, 2.24) is 5.32 Å². The Hall–Kier alpha value is -1.27. The van der Waals surface area contributed by atoms with E-state index in [9.17, 15) is 4.79 Å². The summed E-state index contributed by atoms with van der Waals surface area (Å²) in [5.41, 5.74) is 0. The number of unbranched alkanes of at least 4 members (excludes halogenated alkanes) is 4. The minimum absolute atomic E-state index is 0.0336. The van der Waals surface area contributed by atoms with Crippen LogP contribution >= 0.6 is 11.3 Å². The van der Waals surface area contributed by atoms with Gasteiger partial charge in [-0.25, -0.2) is 0 Å². The molecule has 98 valence electrons. The number of nitrogens with one attached hydrogen (secondary N) is 1. The van der Waals surface area contributed by atoms with Crippen molar-refractivity contribution in [3.8, 4) is 11.8 Å². The third-order valence-corrected chi connectivity index (χ3v) is 3.51. The highest BCUT2D eigenvalue weighted by Crippen LogP contribution is 2.18. The van der Waals surface area contributed by atoms with Gasteiger partial charge in [0, 0.05) is 18.2 Å². The summed E-state index contributed by atoms with van der Waals surface area (Å²) < 4.78 is 0. The van der Waals surface area contributed by atoms with E-state index in [1.165, 1.54) is 26.2 Å². The SMILES string of the molecule is CCCCCCC#CC(NC(C)=O)c1cccs1. The van der Waals surface area contributed by atoms with Gasteiger partial charge in [-0.05, 0) is 17.9 Å². The van der Waals surface area contributed by atoms with Crippen LogP contribution in [0.1, 0.15) is 56.9 Å². The Balaban J connectivity index is 2.47. The molecule has 0 bridgehead atoms. The second-order valence-corrected chi connectivity index (χ2v) is 5.26. The minimum Gasteiger partial charge on any atom is -0.338 e. The molecule has 0 saturated heterocycles. The van der Waals surface area contributed by atoms with Crippen molar-refractivity contribution < 1.29 is 4.79 Å². The summed E-state index contributed by atoms with van der Waals surface area (Å²) in [6.07, 6.45) is 5.84. The first-order chi connectivity index (χ1) is 8.74. The fraction of sp³-hybridized carbons (Fsp3) is 0.533. The molecule has 1 N–H and O–H groups in total. The first-order valence-electron chi connectivity index (χ1n) is 6.53. The van der Waals surface area contributed by atoms with E-state index < -0.39 is 0 Å². The van der Waals surface area contributed by atoms with Gasteiger partial charge in [-0.3, -0.25) is 4.79 Å². The maximum Gasteiger partial charge on any atom is 0.218 e. The predicted molar refractivity (Wildman–Crippen MR) is 77.4 cm³/mol. The average Bonchev–Trinajstić information content (AvgIpc) is 2.85. The molecule has 0 aliphatic rings. The van der Waals surface area contributed by atoms with Crippen LogP contribution in [0.2, 0.25) is 0 Å². The van der Waals surface area contributed by atoms with Gasteiger partial charge < -0.3 is 5.32 Å². The Bertz CT molecular complexity index is 400. The van der Waals surface area contributed by atoms with Gasteiger partial charge in [-0.15, -0.1) is 17.3 Å². The molecule has 0 aliphatic heterocycles. The number of thiophene rings is 1. The van der Waals surface area contributed by atoms with Crippen molar-refractivity contribution >= 4 is 17.2 Å². The number of carbonyl (C=O) groups excluding carboxylic acids is 1. The van der Waals surface area contributed by atoms with Crippen LogP contribution in [0.15, 0.2) is 17.5 Å². The van der Waals surface area contributed by atoms with Gasteiger partial charge in [0.1, 0.15) is 6.04 Å². The summed E-state index contributed by atoms with van der Waals surface area (Å²) in [5.74, 6) is 6.31. The van der Waals surface area contributed by atoms with Crippen LogP contribution in [-0.2, 0) is 4.79 Å². The van der Waals surface area contributed by atoms with E-state index in [0.717, 1.165) is 17.7 Å². The predicted octanol–water partition coefficient (Wildman–Crippen LogP) is 3.90. The summed E-state index contributed by atoms with van der Waals surface area (Å²) in [5, 5.41) is 4.89. The lowest BCUT2D eigenvalue weighted by Gasteiger charge is -2.09. The summed E-state index contributed by atoms with van der Waals surface area (Å²) >= 11 is 1.63. The number of carbonyl (C=O) groups is 1. The first-order valence-corrected chi connectivity index (χ1v) is 7.41. The van der Waals surface area contributed by atoms with E-state index in [-0.39, 0.29) is 11.9 Å². The molecule has 0 fully saturated rings. The molecule has 1 atom stereocenters. The molecule has 1 heterocycles. The Labute approximate surface area is 114 Å². The van der Waals surface area contributed by atoms with Gasteiger partial charge in [-0.1, -0.05) is 38.2 Å². The molecule has 18 heavy (non-hydrogen) atoms. The normalized spacial score (nSPS) is 11.4. The summed E-state index contributed by atoms with van der Waals surface area (Å²) in [6, 6.07) is 3.85. The van der Waals surface area contributed by atoms with Crippen LogP contribution in [0.4, 0.5) is 0 Å². The summed E-state index contributed by atoms with van der Waals surface area (Å²) in [7, 11) is 0. The molecule has 0 saturated carbocycles. The number of amides is 1. The molecule has 1 aromatic rings. The lowest BCUT2D eigenvalue weighted by Crippen LogP contribution is -2.24. The molecule has 3 heteroatoms. The van der Waals surface area contributed by atoms with E-state index in [1.807, 2.05) is 17.5 Å². The van der Waals surface area contributed by atoms with E-state index in [1.54, 1.807) is 11.3 Å². The molecular formula is C15H21NOS. The molecule has 0 aromatic carbocycles. The molecule has 1 amide bonds. The zero-order chi connectivity index (χ0) is 13.2. The van der Waals surface area contributed by atoms with E-state index in [4.69, 9.17) is 0 Å². The lowest BCUT2D eigenvalue weighted by molar-refractivity contribution is -0.119. The van der Waals surface area contributed by atoms with Crippen LogP contribution in [0.3, 0.4) is 0 Å². The van der Waals surface area contributed by atoms with Crippen molar-refractivity contribution in [3.63, 3.8) is 0 Å². The van der Waals surface area contributed by atoms with Crippen LogP contribution in [0.25, 0.3) is 0 Å². The van der Waals surface area contributed by atoms with Crippen molar-refractivity contribution in [2.75, 3.05) is 0 Å². The van der Waals surface area contributed by atoms with Crippen molar-refractivity contribution in [2.45, 2.75) is 52.0 Å². The third kappa shape index (κ3) is 5.88. The largest absolute Gasteiger partial charge is 0.338 e. The van der Waals surface area contributed by atoms with E-state index in [0.29, 0.717) is 0 Å². The maximum atomic E-state index is 11.1. The minimum atomic E-state index is -0.145. The maximum absolute atomic E-state index is 11.1. The Kier molecular flexibility index (Phi) is 7.20. The van der Waals surface area contributed by atoms with Crippen LogP contribution in [-0.4, -0.2) is 5.91 Å². The van der Waals surface area contributed by atoms with Gasteiger partial charge >= 0.3 is 0 Å². The van der Waals surface area contributed by atoms with Gasteiger partial charge in [0.15, 0.2) is 0 Å². The highest BCUT2D eigenvalue weighted by Gasteiger charge is 2.09. The lowest BCUT2D eigenvalue weighted by atomic mass is 10.1. The fourth-order valence-corrected chi connectivity index (χ4v) is 2.38. The van der Waals surface area contributed by atoms with Gasteiger partial charge in [0.25, 0.3) is 0 Å². The molecule has 1 unspecified atom stereocenters. The molecule has 0 spiro atoms.